The van der Waals surface area contributed by atoms with Crippen LogP contribution in [0.3, 0.4) is 0 Å². The lowest BCUT2D eigenvalue weighted by molar-refractivity contribution is -0.329. The Morgan fingerprint density at radius 1 is 1.11 bits per heavy atom. The first kappa shape index (κ1) is 23.8. The van der Waals surface area contributed by atoms with E-state index >= 15 is 0 Å². The molecule has 9 heteroatoms. The third-order valence-electron chi connectivity index (χ3n) is 3.32. The van der Waals surface area contributed by atoms with E-state index in [1.165, 1.54) is 0 Å². The van der Waals surface area contributed by atoms with Crippen molar-refractivity contribution in [1.29, 1.82) is 0 Å². The van der Waals surface area contributed by atoms with Gasteiger partial charge in [0.2, 0.25) is 0 Å². The summed E-state index contributed by atoms with van der Waals surface area (Å²) in [6.07, 6.45) is -0.529. The topological polar surface area (TPSA) is 107 Å². The molecular weight excluding hydrogens is 368 g/mol. The minimum atomic E-state index is -0.583. The highest BCUT2D eigenvalue weighted by atomic mass is 17.2. The highest BCUT2D eigenvalue weighted by Crippen LogP contribution is 2.06. The van der Waals surface area contributed by atoms with Crippen LogP contribution < -0.4 is 5.32 Å². The average Bonchev–Trinajstić information content (AvgIpc) is 2.62. The molecule has 0 saturated carbocycles. The van der Waals surface area contributed by atoms with Crippen LogP contribution in [0.4, 0.5) is 4.79 Å². The first-order valence-electron chi connectivity index (χ1n) is 9.04. The van der Waals surface area contributed by atoms with Crippen LogP contribution in [-0.4, -0.2) is 67.2 Å². The van der Waals surface area contributed by atoms with E-state index in [2.05, 4.69) is 10.2 Å². The second-order valence-corrected chi connectivity index (χ2v) is 6.92. The van der Waals surface area contributed by atoms with Crippen molar-refractivity contribution in [2.24, 2.45) is 0 Å². The van der Waals surface area contributed by atoms with Gasteiger partial charge in [-0.05, 0) is 26.3 Å². The van der Waals surface area contributed by atoms with E-state index in [0.717, 1.165) is 5.56 Å². The molecule has 0 radical (unpaired) electrons. The van der Waals surface area contributed by atoms with Gasteiger partial charge in [0.1, 0.15) is 12.2 Å². The van der Waals surface area contributed by atoms with E-state index in [4.69, 9.17) is 19.5 Å². The Bertz CT molecular complexity index is 575. The molecule has 0 fully saturated rings. The predicted octanol–water partition coefficient (Wildman–Crippen LogP) is 1.45. The number of benzene rings is 1. The van der Waals surface area contributed by atoms with Crippen LogP contribution in [0.2, 0.25) is 0 Å². The van der Waals surface area contributed by atoms with Gasteiger partial charge in [0.15, 0.2) is 6.79 Å². The summed E-state index contributed by atoms with van der Waals surface area (Å²) in [5.74, 6) is -0.399. The van der Waals surface area contributed by atoms with Gasteiger partial charge < -0.3 is 19.9 Å². The first-order chi connectivity index (χ1) is 13.3. The van der Waals surface area contributed by atoms with Gasteiger partial charge >= 0.3 is 12.1 Å². The molecular formula is C19H30N2O7. The molecule has 9 nitrogen and oxygen atoms in total. The van der Waals surface area contributed by atoms with Crippen LogP contribution in [0.1, 0.15) is 26.3 Å². The number of aliphatic hydroxyl groups is 1. The lowest BCUT2D eigenvalue weighted by Gasteiger charge is -2.23. The van der Waals surface area contributed by atoms with Crippen LogP contribution in [0, 0.1) is 0 Å². The van der Waals surface area contributed by atoms with Crippen LogP contribution in [0.25, 0.3) is 0 Å². The molecule has 2 N–H and O–H groups in total. The molecule has 28 heavy (non-hydrogen) atoms. The van der Waals surface area contributed by atoms with E-state index in [0.29, 0.717) is 13.1 Å². The summed E-state index contributed by atoms with van der Waals surface area (Å²) >= 11 is 0. The van der Waals surface area contributed by atoms with Crippen molar-refractivity contribution in [2.45, 2.75) is 33.0 Å². The monoisotopic (exact) mass is 398 g/mol. The molecule has 0 unspecified atom stereocenters. The van der Waals surface area contributed by atoms with Crippen molar-refractivity contribution in [1.82, 2.24) is 10.2 Å². The van der Waals surface area contributed by atoms with Gasteiger partial charge in [0.05, 0.1) is 13.2 Å². The summed E-state index contributed by atoms with van der Waals surface area (Å²) in [4.78, 5) is 34.7. The van der Waals surface area contributed by atoms with Gasteiger partial charge in [0.25, 0.3) is 0 Å². The Morgan fingerprint density at radius 2 is 1.82 bits per heavy atom. The molecule has 0 aromatic heterocycles. The number of nitrogens with zero attached hydrogens (tertiary/aromatic N) is 1. The summed E-state index contributed by atoms with van der Waals surface area (Å²) in [6, 6.07) is 9.37. The number of aliphatic hydroxyl groups excluding tert-OH is 1. The Hall–Kier alpha value is -2.20. The van der Waals surface area contributed by atoms with Gasteiger partial charge in [-0.3, -0.25) is 9.69 Å². The fourth-order valence-corrected chi connectivity index (χ4v) is 2.13. The second-order valence-electron chi connectivity index (χ2n) is 6.92. The number of hydrogen-bond donors (Lipinski definition) is 2. The molecule has 0 bridgehead atoms. The molecule has 1 rings (SSSR count). The van der Waals surface area contributed by atoms with Crippen molar-refractivity contribution in [3.8, 4) is 0 Å². The normalized spacial score (nSPS) is 11.3. The molecule has 0 aliphatic rings. The quantitative estimate of drug-likeness (QED) is 0.179. The Balaban J connectivity index is 2.41. The number of carbonyl (C=O) groups excluding carboxylic acids is 2. The number of rotatable bonds is 12. The zero-order valence-electron chi connectivity index (χ0n) is 16.7. The average molecular weight is 398 g/mol. The van der Waals surface area contributed by atoms with E-state index in [-0.39, 0.29) is 26.3 Å². The van der Waals surface area contributed by atoms with Crippen molar-refractivity contribution in [3.63, 3.8) is 0 Å². The molecule has 0 saturated heterocycles. The van der Waals surface area contributed by atoms with Crippen molar-refractivity contribution < 1.29 is 33.9 Å². The number of nitrogens with one attached hydrogen (secondary N) is 1. The first-order valence-corrected chi connectivity index (χ1v) is 9.04. The lowest BCUT2D eigenvalue weighted by atomic mass is 10.2. The number of esters is 1. The van der Waals surface area contributed by atoms with Gasteiger partial charge in [0, 0.05) is 19.6 Å². The van der Waals surface area contributed by atoms with Gasteiger partial charge in [-0.1, -0.05) is 30.3 Å². The third kappa shape index (κ3) is 12.2. The largest absolute Gasteiger partial charge is 0.460 e. The maximum Gasteiger partial charge on any atom is 0.407 e. The fraction of sp³-hybridized carbons (Fsp3) is 0.579. The smallest absolute Gasteiger partial charge is 0.407 e. The Labute approximate surface area is 165 Å². The highest BCUT2D eigenvalue weighted by Gasteiger charge is 2.17. The highest BCUT2D eigenvalue weighted by molar-refractivity contribution is 5.71. The molecule has 0 heterocycles. The molecule has 0 aliphatic carbocycles. The van der Waals surface area contributed by atoms with E-state index < -0.39 is 24.5 Å². The van der Waals surface area contributed by atoms with E-state index in [1.54, 1.807) is 25.7 Å². The van der Waals surface area contributed by atoms with Crippen LogP contribution in [0.5, 0.6) is 0 Å². The number of amides is 1. The molecule has 0 spiro atoms. The summed E-state index contributed by atoms with van der Waals surface area (Å²) < 4.78 is 10.4. The van der Waals surface area contributed by atoms with E-state index in [9.17, 15) is 9.59 Å². The maximum absolute atomic E-state index is 12.1. The van der Waals surface area contributed by atoms with Crippen molar-refractivity contribution in [3.05, 3.63) is 35.9 Å². The molecule has 1 aromatic rings. The lowest BCUT2D eigenvalue weighted by Crippen LogP contribution is -2.41. The number of alkyl carbamates (subject to hydrolysis) is 1. The predicted molar refractivity (Wildman–Crippen MR) is 101 cm³/mol. The summed E-state index contributed by atoms with van der Waals surface area (Å²) in [6.45, 7) is 6.12. The van der Waals surface area contributed by atoms with Crippen molar-refractivity contribution in [2.75, 3.05) is 39.6 Å². The van der Waals surface area contributed by atoms with Crippen molar-refractivity contribution >= 4 is 12.1 Å². The van der Waals surface area contributed by atoms with Crippen LogP contribution >= 0.6 is 0 Å². The molecule has 0 aliphatic heterocycles. The molecule has 1 amide bonds. The Morgan fingerprint density at radius 3 is 2.46 bits per heavy atom. The summed E-state index contributed by atoms with van der Waals surface area (Å²) in [5.41, 5.74) is 0.314. The van der Waals surface area contributed by atoms with Gasteiger partial charge in [-0.15, -0.1) is 0 Å². The van der Waals surface area contributed by atoms with Crippen LogP contribution in [-0.2, 0) is 30.7 Å². The van der Waals surface area contributed by atoms with Gasteiger partial charge in [-0.25, -0.2) is 14.6 Å². The minimum Gasteiger partial charge on any atom is -0.460 e. The zero-order valence-corrected chi connectivity index (χ0v) is 16.7. The molecule has 1 aromatic carbocycles. The number of ether oxygens (including phenoxy) is 2. The summed E-state index contributed by atoms with van der Waals surface area (Å²) in [7, 11) is 0. The minimum absolute atomic E-state index is 0.0192. The standard InChI is InChI=1S/C19H30N2O7/c1-19(2,3)28-18(24)20-9-10-21(11-12-26-27-15-22)13-17(23)25-14-16-7-5-4-6-8-16/h4-8,22H,9-15H2,1-3H3,(H,20,24). The number of hydrogen-bond acceptors (Lipinski definition) is 8. The molecule has 158 valence electrons. The SMILES string of the molecule is CC(C)(C)OC(=O)NCCN(CCOOCO)CC(=O)OCc1ccccc1. The third-order valence-corrected chi connectivity index (χ3v) is 3.32. The molecule has 0 atom stereocenters. The van der Waals surface area contributed by atoms with Gasteiger partial charge in [-0.2, -0.15) is 0 Å². The maximum atomic E-state index is 12.1. The Kier molecular flexibility index (Phi) is 11.1. The van der Waals surface area contributed by atoms with E-state index in [1.807, 2.05) is 30.3 Å². The van der Waals surface area contributed by atoms with Crippen LogP contribution in [0.15, 0.2) is 30.3 Å². The second kappa shape index (κ2) is 13.1. The number of carbonyl (C=O) groups is 2. The fourth-order valence-electron chi connectivity index (χ4n) is 2.13. The summed E-state index contributed by atoms with van der Waals surface area (Å²) in [5, 5.41) is 11.2. The zero-order chi connectivity index (χ0) is 20.8.